The van der Waals surface area contributed by atoms with Gasteiger partial charge in [0.1, 0.15) is 11.8 Å². The van der Waals surface area contributed by atoms with Gasteiger partial charge in [-0.05, 0) is 30.5 Å². The molecule has 10 nitrogen and oxygen atoms in total. The maximum absolute atomic E-state index is 13.5. The van der Waals surface area contributed by atoms with Crippen LogP contribution in [0.1, 0.15) is 40.5 Å². The summed E-state index contributed by atoms with van der Waals surface area (Å²) in [5, 5.41) is 16.6. The Morgan fingerprint density at radius 2 is 1.73 bits per heavy atom. The van der Waals surface area contributed by atoms with Crippen LogP contribution in [0.25, 0.3) is 21.3 Å². The molecule has 0 spiro atoms. The van der Waals surface area contributed by atoms with Crippen molar-refractivity contribution in [1.82, 2.24) is 19.8 Å². The van der Waals surface area contributed by atoms with Gasteiger partial charge in [0.2, 0.25) is 11.8 Å². The highest BCUT2D eigenvalue weighted by Crippen LogP contribution is 2.63. The van der Waals surface area contributed by atoms with Gasteiger partial charge in [-0.25, -0.2) is 18.6 Å². The average molecular weight is 636 g/mol. The number of alkyl halides is 5. The molecule has 1 saturated carbocycles. The van der Waals surface area contributed by atoms with Crippen LogP contribution in [-0.4, -0.2) is 73.8 Å². The number of aryl methyl sites for hydroxylation is 1. The molecule has 2 atom stereocenters. The third-order valence-corrected chi connectivity index (χ3v) is 9.00. The lowest BCUT2D eigenvalue weighted by atomic mass is 9.96. The summed E-state index contributed by atoms with van der Waals surface area (Å²) < 4.78 is 59.4. The normalized spacial score (nSPS) is 21.2. The van der Waals surface area contributed by atoms with Crippen LogP contribution in [0.2, 0.25) is 0 Å². The number of nitrogens with zero attached hydrogens (tertiary/aromatic N) is 5. The van der Waals surface area contributed by atoms with Crippen molar-refractivity contribution in [2.24, 2.45) is 17.3 Å². The number of carboxylic acids is 1. The highest BCUT2D eigenvalue weighted by atomic mass is 32.1. The molecule has 3 aromatic rings. The fourth-order valence-electron chi connectivity index (χ4n) is 5.62. The monoisotopic (exact) mass is 635 g/mol. The first-order valence-electron chi connectivity index (χ1n) is 13.0. The van der Waals surface area contributed by atoms with Crippen LogP contribution in [0.5, 0.6) is 0 Å². The minimum absolute atomic E-state index is 0.0924. The molecule has 6 rings (SSSR count). The molecule has 3 fully saturated rings. The molecule has 0 radical (unpaired) electrons. The molecule has 5 heterocycles. The topological polar surface area (TPSA) is 145 Å². The van der Waals surface area contributed by atoms with Gasteiger partial charge >= 0.3 is 12.1 Å². The first-order chi connectivity index (χ1) is 20.4. The van der Waals surface area contributed by atoms with Gasteiger partial charge in [-0.2, -0.15) is 18.4 Å². The van der Waals surface area contributed by atoms with Crippen LogP contribution in [0.3, 0.4) is 0 Å². The molecule has 1 aliphatic carbocycles. The first-order valence-corrected chi connectivity index (χ1v) is 13.8. The lowest BCUT2D eigenvalue weighted by Gasteiger charge is -2.39. The summed E-state index contributed by atoms with van der Waals surface area (Å²) >= 11 is 1.34. The number of hydrogen-bond acceptors (Lipinski definition) is 8. The minimum Gasteiger partial charge on any atom is -0.475 e. The van der Waals surface area contributed by atoms with Crippen molar-refractivity contribution in [3.8, 4) is 17.2 Å². The highest BCUT2D eigenvalue weighted by Gasteiger charge is 2.72. The van der Waals surface area contributed by atoms with E-state index in [9.17, 15) is 41.6 Å². The number of imide groups is 1. The summed E-state index contributed by atoms with van der Waals surface area (Å²) in [6, 6.07) is 6.97. The number of amides is 3. The fraction of sp³-hybridized carbons (Fsp3) is 0.393. The molecule has 2 aliphatic heterocycles. The molecule has 3 aromatic heterocycles. The van der Waals surface area contributed by atoms with Crippen LogP contribution < -0.4 is 0 Å². The van der Waals surface area contributed by atoms with E-state index in [1.807, 2.05) is 19.9 Å². The lowest BCUT2D eigenvalue weighted by Crippen LogP contribution is -2.58. The van der Waals surface area contributed by atoms with Gasteiger partial charge in [0.15, 0.2) is 0 Å². The predicted octanol–water partition coefficient (Wildman–Crippen LogP) is 4.40. The molecule has 1 N–H and O–H groups in total. The maximum Gasteiger partial charge on any atom is 0.490 e. The smallest absolute Gasteiger partial charge is 0.475 e. The standard InChI is InChI=1S/C26H21F2N5O3S.C2HF3O2/c1-12-18(22(34)32-10-26(27,28)11-32)16(6-13(8-29)31-12)15-4-5-30-17-7-14(37-21(15)17)9-33-23(35)19-20(24(33)36)25(19,2)3;3-2(4,5)1(6)7/h4-7,19-20H,9-11H2,1-3H3;(H,6,7). The number of likely N-dealkylation sites (tertiary alicyclic amines) is 2. The Morgan fingerprint density at radius 3 is 2.25 bits per heavy atom. The van der Waals surface area contributed by atoms with E-state index >= 15 is 0 Å². The van der Waals surface area contributed by atoms with E-state index in [1.54, 1.807) is 25.3 Å². The van der Waals surface area contributed by atoms with E-state index in [1.165, 1.54) is 22.3 Å². The van der Waals surface area contributed by atoms with E-state index in [2.05, 4.69) is 9.97 Å². The molecule has 2 saturated heterocycles. The Bertz CT molecular complexity index is 1770. The second-order valence-corrected chi connectivity index (χ2v) is 12.4. The molecule has 44 heavy (non-hydrogen) atoms. The van der Waals surface area contributed by atoms with Gasteiger partial charge in [-0.15, -0.1) is 11.3 Å². The zero-order chi connectivity index (χ0) is 32.5. The first kappa shape index (κ1) is 30.9. The molecule has 2 unspecified atom stereocenters. The van der Waals surface area contributed by atoms with Crippen molar-refractivity contribution >= 4 is 45.2 Å². The molecule has 0 bridgehead atoms. The van der Waals surface area contributed by atoms with Crippen molar-refractivity contribution in [3.05, 3.63) is 46.2 Å². The van der Waals surface area contributed by atoms with E-state index in [0.29, 0.717) is 21.3 Å². The molecule has 3 amide bonds. The van der Waals surface area contributed by atoms with Crippen LogP contribution >= 0.6 is 11.3 Å². The van der Waals surface area contributed by atoms with E-state index in [-0.39, 0.29) is 52.6 Å². The number of fused-ring (bicyclic) bond motifs is 2. The number of carbonyl (C=O) groups is 4. The SMILES string of the molecule is Cc1nc(C#N)cc(-c2ccnc3cc(CN4C(=O)C5C(C4=O)C5(C)C)sc23)c1C(=O)N1CC(F)(F)C1.O=C(O)C(F)(F)F. The number of aliphatic carboxylic acids is 1. The number of piperidine rings is 1. The summed E-state index contributed by atoms with van der Waals surface area (Å²) in [7, 11) is 0. The van der Waals surface area contributed by atoms with Crippen LogP contribution in [0.4, 0.5) is 22.0 Å². The Kier molecular flexibility index (Phi) is 7.23. The van der Waals surface area contributed by atoms with Gasteiger partial charge in [0, 0.05) is 22.2 Å². The zero-order valence-electron chi connectivity index (χ0n) is 23.2. The largest absolute Gasteiger partial charge is 0.490 e. The second-order valence-electron chi connectivity index (χ2n) is 11.3. The number of hydrogen-bond donors (Lipinski definition) is 1. The number of nitriles is 1. The molecular weight excluding hydrogens is 613 g/mol. The Balaban J connectivity index is 0.000000493. The predicted molar refractivity (Wildman–Crippen MR) is 143 cm³/mol. The van der Waals surface area contributed by atoms with Gasteiger partial charge in [0.05, 0.1) is 52.9 Å². The summed E-state index contributed by atoms with van der Waals surface area (Å²) in [4.78, 5) is 59.5. The number of pyridine rings is 2. The van der Waals surface area contributed by atoms with Gasteiger partial charge in [-0.1, -0.05) is 13.8 Å². The van der Waals surface area contributed by atoms with Gasteiger partial charge in [0.25, 0.3) is 11.8 Å². The summed E-state index contributed by atoms with van der Waals surface area (Å²) in [5.74, 6) is -7.11. The fourth-order valence-corrected chi connectivity index (χ4v) is 6.75. The van der Waals surface area contributed by atoms with Gasteiger partial charge in [-0.3, -0.25) is 24.3 Å². The van der Waals surface area contributed by atoms with E-state index in [4.69, 9.17) is 9.90 Å². The maximum atomic E-state index is 13.5. The summed E-state index contributed by atoms with van der Waals surface area (Å²) in [6.45, 7) is 4.22. The Labute approximate surface area is 249 Å². The Hall–Kier alpha value is -4.52. The van der Waals surface area contributed by atoms with E-state index < -0.39 is 37.1 Å². The lowest BCUT2D eigenvalue weighted by molar-refractivity contribution is -0.192. The second kappa shape index (κ2) is 10.3. The third kappa shape index (κ3) is 5.25. The van der Waals surface area contributed by atoms with Crippen LogP contribution in [0, 0.1) is 35.5 Å². The number of rotatable bonds is 4. The highest BCUT2D eigenvalue weighted by molar-refractivity contribution is 7.19. The number of carbonyl (C=O) groups excluding carboxylic acids is 3. The Morgan fingerprint density at radius 1 is 1.14 bits per heavy atom. The van der Waals surface area contributed by atoms with Gasteiger partial charge < -0.3 is 10.0 Å². The number of halogens is 5. The number of thiophene rings is 1. The quantitative estimate of drug-likeness (QED) is 0.328. The molecular formula is C28H22F5N5O5S. The number of aromatic nitrogens is 2. The van der Waals surface area contributed by atoms with Crippen molar-refractivity contribution in [2.75, 3.05) is 13.1 Å². The molecule has 16 heteroatoms. The van der Waals surface area contributed by atoms with Crippen molar-refractivity contribution in [2.45, 2.75) is 39.4 Å². The van der Waals surface area contributed by atoms with Crippen molar-refractivity contribution in [1.29, 1.82) is 5.26 Å². The van der Waals surface area contributed by atoms with Crippen LogP contribution in [-0.2, 0) is 20.9 Å². The molecule has 0 aromatic carbocycles. The number of carboxylic acid groups (broad SMARTS) is 1. The van der Waals surface area contributed by atoms with Crippen molar-refractivity contribution < 1.29 is 46.2 Å². The summed E-state index contributed by atoms with van der Waals surface area (Å²) in [6.07, 6.45) is -3.52. The van der Waals surface area contributed by atoms with Crippen LogP contribution in [0.15, 0.2) is 24.4 Å². The third-order valence-electron chi connectivity index (χ3n) is 7.86. The minimum atomic E-state index is -5.08. The van der Waals surface area contributed by atoms with Crippen molar-refractivity contribution in [3.63, 3.8) is 0 Å². The molecule has 230 valence electrons. The average Bonchev–Trinajstić information content (AvgIpc) is 3.15. The zero-order valence-corrected chi connectivity index (χ0v) is 24.0. The summed E-state index contributed by atoms with van der Waals surface area (Å²) in [5.41, 5.74) is 1.83. The van der Waals surface area contributed by atoms with E-state index in [0.717, 1.165) is 9.78 Å². The molecule has 3 aliphatic rings.